The fourth-order valence-corrected chi connectivity index (χ4v) is 0.973. The molecule has 15 heavy (non-hydrogen) atoms. The first-order chi connectivity index (χ1) is 6.97. The van der Waals surface area contributed by atoms with Crippen molar-refractivity contribution >= 4 is 0 Å². The Balaban J connectivity index is 2.23. The second-order valence-corrected chi connectivity index (χ2v) is 3.21. The van der Waals surface area contributed by atoms with E-state index in [0.29, 0.717) is 0 Å². The minimum absolute atomic E-state index is 0.260. The summed E-state index contributed by atoms with van der Waals surface area (Å²) < 4.78 is 35.0. The number of hydrogen-bond acceptors (Lipinski definition) is 2. The minimum Gasteiger partial charge on any atom is -0.292 e. The van der Waals surface area contributed by atoms with Gasteiger partial charge in [0.15, 0.2) is 6.61 Å². The molecular weight excluding hydrogens is 207 g/mol. The number of halogens is 3. The predicted molar refractivity (Wildman–Crippen MR) is 50.0 cm³/mol. The summed E-state index contributed by atoms with van der Waals surface area (Å²) in [5.41, 5.74) is 4.24. The average Bonchev–Trinajstić information content (AvgIpc) is 2.14. The van der Waals surface area contributed by atoms with Gasteiger partial charge in [0.2, 0.25) is 0 Å². The third-order valence-corrected chi connectivity index (χ3v) is 1.73. The number of hydrogen-bond donors (Lipinski definition) is 1. The van der Waals surface area contributed by atoms with Gasteiger partial charge in [0.05, 0.1) is 0 Å². The van der Waals surface area contributed by atoms with Crippen molar-refractivity contribution in [2.24, 2.45) is 0 Å². The summed E-state index contributed by atoms with van der Waals surface area (Å²) in [5.74, 6) is 0. The fourth-order valence-electron chi connectivity index (χ4n) is 0.973. The fraction of sp³-hybridized carbons (Fsp3) is 0.400. The van der Waals surface area contributed by atoms with E-state index in [9.17, 15) is 13.2 Å². The van der Waals surface area contributed by atoms with Crippen LogP contribution in [0.15, 0.2) is 24.3 Å². The molecule has 5 heteroatoms. The van der Waals surface area contributed by atoms with Crippen molar-refractivity contribution in [2.75, 3.05) is 6.61 Å². The largest absolute Gasteiger partial charge is 0.413 e. The van der Waals surface area contributed by atoms with Crippen LogP contribution in [-0.4, -0.2) is 12.8 Å². The molecule has 2 nitrogen and oxygen atoms in total. The highest BCUT2D eigenvalue weighted by molar-refractivity contribution is 5.20. The molecule has 0 radical (unpaired) electrons. The van der Waals surface area contributed by atoms with Gasteiger partial charge in [0.25, 0.3) is 0 Å². The summed E-state index contributed by atoms with van der Waals surface area (Å²) in [4.78, 5) is 4.26. The van der Waals surface area contributed by atoms with Crippen LogP contribution in [0.2, 0.25) is 0 Å². The van der Waals surface area contributed by atoms with Crippen LogP contribution in [0.25, 0.3) is 0 Å². The van der Waals surface area contributed by atoms with Crippen molar-refractivity contribution in [3.8, 4) is 0 Å². The van der Waals surface area contributed by atoms with Gasteiger partial charge in [-0.1, -0.05) is 29.8 Å². The minimum atomic E-state index is -4.29. The Morgan fingerprint density at radius 3 is 2.33 bits per heavy atom. The highest BCUT2D eigenvalue weighted by Crippen LogP contribution is 2.13. The Bertz CT molecular complexity index is 295. The lowest BCUT2D eigenvalue weighted by molar-refractivity contribution is -0.190. The van der Waals surface area contributed by atoms with Crippen LogP contribution in [0.3, 0.4) is 0 Å². The second-order valence-electron chi connectivity index (χ2n) is 3.21. The maximum atomic E-state index is 11.7. The van der Waals surface area contributed by atoms with Gasteiger partial charge in [-0.3, -0.25) is 4.84 Å². The topological polar surface area (TPSA) is 21.3 Å². The van der Waals surface area contributed by atoms with E-state index in [1.807, 2.05) is 31.2 Å². The standard InChI is InChI=1S/C10H12F3NO/c1-8-2-4-9(5-3-8)6-14-15-7-10(11,12)13/h2-5,14H,6-7H2,1H3. The molecule has 0 amide bonds. The van der Waals surface area contributed by atoms with E-state index in [0.717, 1.165) is 11.1 Å². The molecule has 1 N–H and O–H groups in total. The molecule has 1 aromatic carbocycles. The Labute approximate surface area is 86.0 Å². The van der Waals surface area contributed by atoms with Crippen molar-refractivity contribution < 1.29 is 18.0 Å². The Morgan fingerprint density at radius 2 is 1.80 bits per heavy atom. The molecule has 1 aromatic rings. The predicted octanol–water partition coefficient (Wildman–Crippen LogP) is 2.58. The summed E-state index contributed by atoms with van der Waals surface area (Å²) in [6, 6.07) is 7.44. The molecule has 0 unspecified atom stereocenters. The number of nitrogens with one attached hydrogen (secondary N) is 1. The summed E-state index contributed by atoms with van der Waals surface area (Å²) in [6.45, 7) is 0.923. The lowest BCUT2D eigenvalue weighted by atomic mass is 10.2. The normalized spacial score (nSPS) is 11.7. The third-order valence-electron chi connectivity index (χ3n) is 1.73. The summed E-state index contributed by atoms with van der Waals surface area (Å²) in [5, 5.41) is 0. The molecular formula is C10H12F3NO. The van der Waals surface area contributed by atoms with Gasteiger partial charge >= 0.3 is 6.18 Å². The van der Waals surface area contributed by atoms with Crippen LogP contribution < -0.4 is 5.48 Å². The summed E-state index contributed by atoms with van der Waals surface area (Å²) in [6.07, 6.45) is -4.29. The Kier molecular flexibility index (Phi) is 4.11. The molecule has 0 bridgehead atoms. The second kappa shape index (κ2) is 5.14. The van der Waals surface area contributed by atoms with E-state index in [-0.39, 0.29) is 6.54 Å². The Morgan fingerprint density at radius 1 is 1.20 bits per heavy atom. The quantitative estimate of drug-likeness (QED) is 0.620. The molecule has 1 rings (SSSR count). The summed E-state index contributed by atoms with van der Waals surface area (Å²) in [7, 11) is 0. The van der Waals surface area contributed by atoms with Gasteiger partial charge in [-0.15, -0.1) is 0 Å². The first-order valence-electron chi connectivity index (χ1n) is 4.44. The van der Waals surface area contributed by atoms with Crippen molar-refractivity contribution in [3.05, 3.63) is 35.4 Å². The van der Waals surface area contributed by atoms with Crippen molar-refractivity contribution in [1.82, 2.24) is 5.48 Å². The molecule has 0 fully saturated rings. The van der Waals surface area contributed by atoms with Gasteiger partial charge in [0, 0.05) is 6.54 Å². The molecule has 84 valence electrons. The Hall–Kier alpha value is -1.07. The third kappa shape index (κ3) is 5.39. The first-order valence-corrected chi connectivity index (χ1v) is 4.44. The molecule has 0 aliphatic carbocycles. The lowest BCUT2D eigenvalue weighted by Gasteiger charge is -2.08. The van der Waals surface area contributed by atoms with E-state index in [1.54, 1.807) is 0 Å². The van der Waals surface area contributed by atoms with Crippen LogP contribution in [0, 0.1) is 6.92 Å². The van der Waals surface area contributed by atoms with Crippen molar-refractivity contribution in [1.29, 1.82) is 0 Å². The monoisotopic (exact) mass is 219 g/mol. The van der Waals surface area contributed by atoms with Crippen LogP contribution in [0.5, 0.6) is 0 Å². The molecule has 0 aliphatic heterocycles. The molecule has 0 saturated carbocycles. The zero-order valence-electron chi connectivity index (χ0n) is 8.27. The molecule has 0 atom stereocenters. The van der Waals surface area contributed by atoms with Gasteiger partial charge < -0.3 is 0 Å². The lowest BCUT2D eigenvalue weighted by Crippen LogP contribution is -2.24. The highest BCUT2D eigenvalue weighted by Gasteiger charge is 2.27. The van der Waals surface area contributed by atoms with E-state index >= 15 is 0 Å². The van der Waals surface area contributed by atoms with Gasteiger partial charge in [0.1, 0.15) is 0 Å². The zero-order chi connectivity index (χ0) is 11.3. The van der Waals surface area contributed by atoms with Crippen molar-refractivity contribution in [2.45, 2.75) is 19.6 Å². The van der Waals surface area contributed by atoms with E-state index in [1.165, 1.54) is 0 Å². The zero-order valence-corrected chi connectivity index (χ0v) is 8.27. The van der Waals surface area contributed by atoms with Gasteiger partial charge in [-0.25, -0.2) is 0 Å². The SMILES string of the molecule is Cc1ccc(CNOCC(F)(F)F)cc1. The first kappa shape index (κ1) is 12.0. The maximum absolute atomic E-state index is 11.7. The van der Waals surface area contributed by atoms with E-state index in [4.69, 9.17) is 0 Å². The number of benzene rings is 1. The molecule has 0 spiro atoms. The smallest absolute Gasteiger partial charge is 0.292 e. The molecule has 0 saturated heterocycles. The highest BCUT2D eigenvalue weighted by atomic mass is 19.4. The van der Waals surface area contributed by atoms with Gasteiger partial charge in [-0.05, 0) is 12.5 Å². The van der Waals surface area contributed by atoms with Crippen LogP contribution in [0.4, 0.5) is 13.2 Å². The number of aryl methyl sites for hydroxylation is 1. The number of hydroxylamine groups is 1. The van der Waals surface area contributed by atoms with E-state index in [2.05, 4.69) is 10.3 Å². The van der Waals surface area contributed by atoms with Crippen LogP contribution >= 0.6 is 0 Å². The van der Waals surface area contributed by atoms with Gasteiger partial charge in [-0.2, -0.15) is 18.7 Å². The van der Waals surface area contributed by atoms with E-state index < -0.39 is 12.8 Å². The summed E-state index contributed by atoms with van der Waals surface area (Å²) >= 11 is 0. The number of alkyl halides is 3. The molecule has 0 aromatic heterocycles. The van der Waals surface area contributed by atoms with Crippen molar-refractivity contribution in [3.63, 3.8) is 0 Å². The average molecular weight is 219 g/mol. The maximum Gasteiger partial charge on any atom is 0.413 e. The van der Waals surface area contributed by atoms with Crippen LogP contribution in [-0.2, 0) is 11.4 Å². The molecule has 0 heterocycles. The number of rotatable bonds is 4. The molecule has 0 aliphatic rings. The van der Waals surface area contributed by atoms with Crippen LogP contribution in [0.1, 0.15) is 11.1 Å².